The monoisotopic (exact) mass is 330 g/mol. The van der Waals surface area contributed by atoms with Gasteiger partial charge in [0.15, 0.2) is 0 Å². The molecule has 4 heteroatoms. The Labute approximate surface area is 143 Å². The van der Waals surface area contributed by atoms with Crippen molar-refractivity contribution in [3.8, 4) is 0 Å². The van der Waals surface area contributed by atoms with Gasteiger partial charge in [-0.25, -0.2) is 0 Å². The Bertz CT molecular complexity index is 717. The number of carbonyl (C=O) groups is 1. The van der Waals surface area contributed by atoms with Crippen LogP contribution in [0.15, 0.2) is 42.5 Å². The van der Waals surface area contributed by atoms with E-state index in [0.717, 1.165) is 26.1 Å². The van der Waals surface area contributed by atoms with Crippen LogP contribution in [0.4, 0.5) is 0 Å². The Morgan fingerprint density at radius 3 is 2.74 bits per heavy atom. The first-order valence-corrected chi connectivity index (χ1v) is 8.24. The standard InChI is InChI=1S/C19H22N2O.ClH/c1-13-12-20-8-9-21(13)19(22)18-11-17(18)16-7-6-14-4-2-3-5-15(14)10-16;/h2-7,10,13,17-18,20H,8-9,11-12H2,1H3;1H/t13-,17?,18?;/m0./s1. The van der Waals surface area contributed by atoms with Crippen molar-refractivity contribution in [3.05, 3.63) is 48.0 Å². The molecule has 1 aliphatic heterocycles. The minimum atomic E-state index is 0. The fourth-order valence-electron chi connectivity index (χ4n) is 3.66. The summed E-state index contributed by atoms with van der Waals surface area (Å²) >= 11 is 0. The minimum absolute atomic E-state index is 0. The smallest absolute Gasteiger partial charge is 0.226 e. The van der Waals surface area contributed by atoms with Gasteiger partial charge in [0.1, 0.15) is 0 Å². The van der Waals surface area contributed by atoms with Crippen LogP contribution < -0.4 is 5.32 Å². The highest BCUT2D eigenvalue weighted by Gasteiger charge is 2.46. The first kappa shape index (κ1) is 16.3. The van der Waals surface area contributed by atoms with Gasteiger partial charge in [-0.3, -0.25) is 4.79 Å². The second-order valence-corrected chi connectivity index (χ2v) is 6.64. The molecule has 0 bridgehead atoms. The summed E-state index contributed by atoms with van der Waals surface area (Å²) in [6, 6.07) is 15.4. The van der Waals surface area contributed by atoms with E-state index >= 15 is 0 Å². The maximum Gasteiger partial charge on any atom is 0.226 e. The van der Waals surface area contributed by atoms with Crippen molar-refractivity contribution in [2.75, 3.05) is 19.6 Å². The average Bonchev–Trinajstić information content (AvgIpc) is 3.35. The van der Waals surface area contributed by atoms with E-state index in [4.69, 9.17) is 0 Å². The van der Waals surface area contributed by atoms with Crippen LogP contribution in [0.2, 0.25) is 0 Å². The summed E-state index contributed by atoms with van der Waals surface area (Å²) in [6.07, 6.45) is 1.01. The van der Waals surface area contributed by atoms with Crippen molar-refractivity contribution in [1.29, 1.82) is 0 Å². The van der Waals surface area contributed by atoms with Gasteiger partial charge in [-0.1, -0.05) is 42.5 Å². The maximum atomic E-state index is 12.7. The van der Waals surface area contributed by atoms with Gasteiger partial charge >= 0.3 is 0 Å². The molecule has 23 heavy (non-hydrogen) atoms. The molecule has 4 rings (SSSR count). The predicted octanol–water partition coefficient (Wildman–Crippen LogP) is 3.19. The molecule has 0 radical (unpaired) electrons. The Balaban J connectivity index is 0.00000156. The molecular formula is C19H23ClN2O. The van der Waals surface area contributed by atoms with Crippen molar-refractivity contribution in [3.63, 3.8) is 0 Å². The largest absolute Gasteiger partial charge is 0.337 e. The summed E-state index contributed by atoms with van der Waals surface area (Å²) in [7, 11) is 0. The third-order valence-electron chi connectivity index (χ3n) is 5.09. The lowest BCUT2D eigenvalue weighted by atomic mass is 10.0. The van der Waals surface area contributed by atoms with Gasteiger partial charge in [0.25, 0.3) is 0 Å². The van der Waals surface area contributed by atoms with Crippen molar-refractivity contribution < 1.29 is 4.79 Å². The summed E-state index contributed by atoms with van der Waals surface area (Å²) in [5.41, 5.74) is 1.32. The summed E-state index contributed by atoms with van der Waals surface area (Å²) in [6.45, 7) is 4.82. The third-order valence-corrected chi connectivity index (χ3v) is 5.09. The lowest BCUT2D eigenvalue weighted by Crippen LogP contribution is -2.52. The summed E-state index contributed by atoms with van der Waals surface area (Å²) in [5, 5.41) is 5.89. The number of amides is 1. The zero-order valence-corrected chi connectivity index (χ0v) is 14.2. The molecule has 1 heterocycles. The molecular weight excluding hydrogens is 308 g/mol. The molecule has 1 aliphatic carbocycles. The number of rotatable bonds is 2. The van der Waals surface area contributed by atoms with E-state index in [0.29, 0.717) is 17.9 Å². The van der Waals surface area contributed by atoms with Gasteiger partial charge in [0.2, 0.25) is 5.91 Å². The number of nitrogens with one attached hydrogen (secondary N) is 1. The molecule has 1 saturated carbocycles. The van der Waals surface area contributed by atoms with E-state index < -0.39 is 0 Å². The number of nitrogens with zero attached hydrogens (tertiary/aromatic N) is 1. The zero-order chi connectivity index (χ0) is 15.1. The van der Waals surface area contributed by atoms with E-state index in [1.807, 2.05) is 0 Å². The number of hydrogen-bond acceptors (Lipinski definition) is 2. The SMILES string of the molecule is C[C@H]1CNCCN1C(=O)C1CC1c1ccc2ccccc2c1.Cl. The predicted molar refractivity (Wildman–Crippen MR) is 96.1 cm³/mol. The summed E-state index contributed by atoms with van der Waals surface area (Å²) < 4.78 is 0. The van der Waals surface area contributed by atoms with Crippen LogP contribution in [0.1, 0.15) is 24.8 Å². The second kappa shape index (κ2) is 6.50. The molecule has 122 valence electrons. The average molecular weight is 331 g/mol. The molecule has 3 atom stereocenters. The van der Waals surface area contributed by atoms with Crippen LogP contribution in [0.5, 0.6) is 0 Å². The quantitative estimate of drug-likeness (QED) is 0.917. The molecule has 1 saturated heterocycles. The van der Waals surface area contributed by atoms with E-state index in [1.54, 1.807) is 0 Å². The molecule has 1 amide bonds. The molecule has 0 aromatic heterocycles. The number of hydrogen-bond donors (Lipinski definition) is 1. The number of benzene rings is 2. The third kappa shape index (κ3) is 3.08. The summed E-state index contributed by atoms with van der Waals surface area (Å²) in [5.74, 6) is 0.966. The van der Waals surface area contributed by atoms with Crippen molar-refractivity contribution in [2.24, 2.45) is 5.92 Å². The van der Waals surface area contributed by atoms with E-state index in [9.17, 15) is 4.79 Å². The van der Waals surface area contributed by atoms with Crippen LogP contribution in [0.25, 0.3) is 10.8 Å². The fourth-order valence-corrected chi connectivity index (χ4v) is 3.66. The maximum absolute atomic E-state index is 12.7. The van der Waals surface area contributed by atoms with Crippen LogP contribution in [0, 0.1) is 5.92 Å². The highest BCUT2D eigenvalue weighted by atomic mass is 35.5. The number of fused-ring (bicyclic) bond motifs is 1. The second-order valence-electron chi connectivity index (χ2n) is 6.64. The topological polar surface area (TPSA) is 32.3 Å². The first-order valence-electron chi connectivity index (χ1n) is 8.24. The molecule has 0 spiro atoms. The van der Waals surface area contributed by atoms with Crippen molar-refractivity contribution in [1.82, 2.24) is 10.2 Å². The van der Waals surface area contributed by atoms with Gasteiger partial charge in [-0.15, -0.1) is 12.4 Å². The molecule has 2 unspecified atom stereocenters. The van der Waals surface area contributed by atoms with Crippen LogP contribution >= 0.6 is 12.4 Å². The first-order chi connectivity index (χ1) is 10.7. The van der Waals surface area contributed by atoms with Gasteiger partial charge in [-0.05, 0) is 35.6 Å². The zero-order valence-electron chi connectivity index (χ0n) is 13.4. The van der Waals surface area contributed by atoms with Gasteiger partial charge in [0.05, 0.1) is 0 Å². The molecule has 3 nitrogen and oxygen atoms in total. The highest BCUT2D eigenvalue weighted by molar-refractivity contribution is 5.86. The Morgan fingerprint density at radius 1 is 1.17 bits per heavy atom. The minimum Gasteiger partial charge on any atom is -0.337 e. The normalized spacial score (nSPS) is 26.7. The lowest BCUT2D eigenvalue weighted by Gasteiger charge is -2.34. The Morgan fingerprint density at radius 2 is 1.96 bits per heavy atom. The number of carbonyl (C=O) groups excluding carboxylic acids is 1. The number of piperazine rings is 1. The van der Waals surface area contributed by atoms with Gasteiger partial charge in [0, 0.05) is 31.6 Å². The van der Waals surface area contributed by atoms with E-state index in [-0.39, 0.29) is 18.3 Å². The molecule has 2 aliphatic rings. The highest BCUT2D eigenvalue weighted by Crippen LogP contribution is 2.49. The Kier molecular flexibility index (Phi) is 4.60. The molecule has 2 aromatic carbocycles. The molecule has 2 aromatic rings. The van der Waals surface area contributed by atoms with Crippen LogP contribution in [-0.2, 0) is 4.79 Å². The number of halogens is 1. The lowest BCUT2D eigenvalue weighted by molar-refractivity contribution is -0.135. The van der Waals surface area contributed by atoms with E-state index in [2.05, 4.69) is 59.6 Å². The summed E-state index contributed by atoms with van der Waals surface area (Å²) in [4.78, 5) is 14.8. The fraction of sp³-hybridized carbons (Fsp3) is 0.421. The molecule has 1 N–H and O–H groups in total. The van der Waals surface area contributed by atoms with Crippen LogP contribution in [0.3, 0.4) is 0 Å². The van der Waals surface area contributed by atoms with Gasteiger partial charge < -0.3 is 10.2 Å². The van der Waals surface area contributed by atoms with Crippen molar-refractivity contribution in [2.45, 2.75) is 25.3 Å². The molecule has 2 fully saturated rings. The Hall–Kier alpha value is -1.58. The van der Waals surface area contributed by atoms with Crippen molar-refractivity contribution >= 4 is 29.1 Å². The van der Waals surface area contributed by atoms with Gasteiger partial charge in [-0.2, -0.15) is 0 Å². The van der Waals surface area contributed by atoms with E-state index in [1.165, 1.54) is 16.3 Å². The van der Waals surface area contributed by atoms with Crippen LogP contribution in [-0.4, -0.2) is 36.5 Å².